The minimum absolute atomic E-state index is 0.499. The number of aromatic nitrogens is 2. The molecule has 4 nitrogen and oxygen atoms in total. The van der Waals surface area contributed by atoms with E-state index in [0.717, 1.165) is 10.5 Å². The van der Waals surface area contributed by atoms with Gasteiger partial charge in [-0.1, -0.05) is 30.3 Å². The lowest BCUT2D eigenvalue weighted by Gasteiger charge is -2.21. The number of benzene rings is 1. The van der Waals surface area contributed by atoms with Gasteiger partial charge in [-0.15, -0.1) is 11.8 Å². The number of aryl methyl sites for hydroxylation is 1. The molecular weight excluding hydrogens is 244 g/mol. The summed E-state index contributed by atoms with van der Waals surface area (Å²) in [6, 6.07) is 11.7. The second-order valence-electron chi connectivity index (χ2n) is 4.09. The minimum atomic E-state index is -0.970. The van der Waals surface area contributed by atoms with Gasteiger partial charge < -0.3 is 5.73 Å². The Labute approximate surface area is 110 Å². The fourth-order valence-electron chi connectivity index (χ4n) is 1.59. The van der Waals surface area contributed by atoms with E-state index in [-0.39, 0.29) is 0 Å². The van der Waals surface area contributed by atoms with Crippen LogP contribution in [-0.4, -0.2) is 15.5 Å². The first-order chi connectivity index (χ1) is 8.64. The Hall–Kier alpha value is -1.77. The molecule has 2 N–H and O–H groups in total. The molecule has 5 heteroatoms. The van der Waals surface area contributed by atoms with Crippen molar-refractivity contribution in [2.75, 3.05) is 5.75 Å². The molecule has 2 rings (SSSR count). The Morgan fingerprint density at radius 1 is 1.44 bits per heavy atom. The van der Waals surface area contributed by atoms with Gasteiger partial charge in [0.1, 0.15) is 5.54 Å². The summed E-state index contributed by atoms with van der Waals surface area (Å²) in [4.78, 5) is 1.01. The molecule has 0 saturated carbocycles. The molecule has 0 bridgehead atoms. The number of hydrogen-bond acceptors (Lipinski definition) is 4. The summed E-state index contributed by atoms with van der Waals surface area (Å²) in [7, 11) is 1.86. The van der Waals surface area contributed by atoms with E-state index in [2.05, 4.69) is 11.2 Å². The highest BCUT2D eigenvalue weighted by Crippen LogP contribution is 2.27. The molecule has 0 aliphatic heterocycles. The largest absolute Gasteiger partial charge is 0.309 e. The third-order valence-electron chi connectivity index (χ3n) is 2.64. The molecule has 18 heavy (non-hydrogen) atoms. The zero-order valence-electron chi connectivity index (χ0n) is 10.1. The van der Waals surface area contributed by atoms with Crippen LogP contribution in [0.15, 0.2) is 47.6 Å². The molecule has 0 amide bonds. The standard InChI is InChI=1S/C13H14N4S/c1-17-8-12(7-16-17)18-10-13(15,9-14)11-5-3-2-4-6-11/h2-8H,10,15H2,1H3. The second kappa shape index (κ2) is 5.25. The lowest BCUT2D eigenvalue weighted by molar-refractivity contribution is 0.659. The quantitative estimate of drug-likeness (QED) is 0.850. The number of rotatable bonds is 4. The van der Waals surface area contributed by atoms with E-state index < -0.39 is 5.54 Å². The average molecular weight is 258 g/mol. The third-order valence-corrected chi connectivity index (χ3v) is 3.78. The molecule has 1 atom stereocenters. The number of hydrogen-bond donors (Lipinski definition) is 1. The summed E-state index contributed by atoms with van der Waals surface area (Å²) in [5.74, 6) is 0.499. The Bertz CT molecular complexity index is 558. The summed E-state index contributed by atoms with van der Waals surface area (Å²) >= 11 is 1.54. The molecule has 0 radical (unpaired) electrons. The van der Waals surface area contributed by atoms with Crippen LogP contribution in [0.3, 0.4) is 0 Å². The van der Waals surface area contributed by atoms with Crippen molar-refractivity contribution in [3.63, 3.8) is 0 Å². The molecule has 0 aliphatic carbocycles. The van der Waals surface area contributed by atoms with E-state index in [9.17, 15) is 5.26 Å². The number of nitrogens with zero attached hydrogens (tertiary/aromatic N) is 3. The molecule has 1 aromatic carbocycles. The van der Waals surface area contributed by atoms with Crippen LogP contribution in [0.4, 0.5) is 0 Å². The zero-order valence-corrected chi connectivity index (χ0v) is 10.9. The normalized spacial score (nSPS) is 13.8. The molecule has 0 fully saturated rings. The van der Waals surface area contributed by atoms with Gasteiger partial charge in [-0.05, 0) is 5.56 Å². The lowest BCUT2D eigenvalue weighted by Crippen LogP contribution is -2.37. The van der Waals surface area contributed by atoms with Crippen molar-refractivity contribution < 1.29 is 0 Å². The van der Waals surface area contributed by atoms with E-state index in [1.807, 2.05) is 43.6 Å². The predicted molar refractivity (Wildman–Crippen MR) is 71.9 cm³/mol. The van der Waals surface area contributed by atoms with Gasteiger partial charge in [-0.25, -0.2) is 0 Å². The smallest absolute Gasteiger partial charge is 0.139 e. The molecule has 1 unspecified atom stereocenters. The molecule has 0 aliphatic rings. The average Bonchev–Trinajstić information content (AvgIpc) is 2.83. The maximum Gasteiger partial charge on any atom is 0.139 e. The molecule has 1 heterocycles. The van der Waals surface area contributed by atoms with Gasteiger partial charge in [0.05, 0.1) is 12.3 Å². The van der Waals surface area contributed by atoms with Gasteiger partial charge in [0.25, 0.3) is 0 Å². The van der Waals surface area contributed by atoms with Crippen molar-refractivity contribution in [2.24, 2.45) is 12.8 Å². The van der Waals surface area contributed by atoms with Crippen LogP contribution in [0.1, 0.15) is 5.56 Å². The van der Waals surface area contributed by atoms with E-state index in [1.165, 1.54) is 11.8 Å². The van der Waals surface area contributed by atoms with Gasteiger partial charge in [-0.2, -0.15) is 10.4 Å². The molecule has 92 valence electrons. The van der Waals surface area contributed by atoms with Gasteiger partial charge in [0, 0.05) is 23.9 Å². The van der Waals surface area contributed by atoms with Gasteiger partial charge in [0.15, 0.2) is 0 Å². The van der Waals surface area contributed by atoms with Gasteiger partial charge >= 0.3 is 0 Å². The number of nitriles is 1. The van der Waals surface area contributed by atoms with Crippen LogP contribution in [0.5, 0.6) is 0 Å². The minimum Gasteiger partial charge on any atom is -0.309 e. The van der Waals surface area contributed by atoms with Gasteiger partial charge in [-0.3, -0.25) is 4.68 Å². The van der Waals surface area contributed by atoms with Crippen molar-refractivity contribution in [1.82, 2.24) is 9.78 Å². The van der Waals surface area contributed by atoms with Crippen molar-refractivity contribution in [3.8, 4) is 6.07 Å². The second-order valence-corrected chi connectivity index (χ2v) is 5.14. The number of nitrogens with two attached hydrogens (primary N) is 1. The molecule has 1 aromatic heterocycles. The Morgan fingerprint density at radius 3 is 2.72 bits per heavy atom. The van der Waals surface area contributed by atoms with Crippen LogP contribution >= 0.6 is 11.8 Å². The summed E-state index contributed by atoms with van der Waals surface area (Å²) in [6.07, 6.45) is 3.68. The van der Waals surface area contributed by atoms with Crippen LogP contribution in [0, 0.1) is 11.3 Å². The first-order valence-electron chi connectivity index (χ1n) is 5.51. The van der Waals surface area contributed by atoms with Crippen molar-refractivity contribution in [3.05, 3.63) is 48.3 Å². The van der Waals surface area contributed by atoms with Crippen molar-refractivity contribution >= 4 is 11.8 Å². The maximum absolute atomic E-state index is 9.31. The van der Waals surface area contributed by atoms with E-state index in [0.29, 0.717) is 5.75 Å². The first kappa shape index (κ1) is 12.7. The highest BCUT2D eigenvalue weighted by Gasteiger charge is 2.27. The van der Waals surface area contributed by atoms with Crippen molar-refractivity contribution in [1.29, 1.82) is 5.26 Å². The Kier molecular flexibility index (Phi) is 3.70. The van der Waals surface area contributed by atoms with Gasteiger partial charge in [0.2, 0.25) is 0 Å². The topological polar surface area (TPSA) is 67.6 Å². The number of thioether (sulfide) groups is 1. The third kappa shape index (κ3) is 2.73. The SMILES string of the molecule is Cn1cc(SCC(N)(C#N)c2ccccc2)cn1. The zero-order chi connectivity index (χ0) is 13.0. The monoisotopic (exact) mass is 258 g/mol. The van der Waals surface area contributed by atoms with E-state index in [1.54, 1.807) is 10.9 Å². The predicted octanol–water partition coefficient (Wildman–Crippen LogP) is 1.89. The van der Waals surface area contributed by atoms with E-state index >= 15 is 0 Å². The molecule has 2 aromatic rings. The summed E-state index contributed by atoms with van der Waals surface area (Å²) < 4.78 is 1.73. The fourth-order valence-corrected chi connectivity index (χ4v) is 2.56. The fraction of sp³-hybridized carbons (Fsp3) is 0.231. The molecule has 0 saturated heterocycles. The van der Waals surface area contributed by atoms with Crippen LogP contribution < -0.4 is 5.73 Å². The Morgan fingerprint density at radius 2 is 2.17 bits per heavy atom. The maximum atomic E-state index is 9.31. The molecule has 0 spiro atoms. The highest BCUT2D eigenvalue weighted by atomic mass is 32.2. The van der Waals surface area contributed by atoms with Crippen molar-refractivity contribution in [2.45, 2.75) is 10.4 Å². The highest BCUT2D eigenvalue weighted by molar-refractivity contribution is 7.99. The molecular formula is C13H14N4S. The van der Waals surface area contributed by atoms with Crippen LogP contribution in [0.2, 0.25) is 0 Å². The summed E-state index contributed by atoms with van der Waals surface area (Å²) in [5, 5.41) is 13.4. The van der Waals surface area contributed by atoms with Crippen LogP contribution in [0.25, 0.3) is 0 Å². The van der Waals surface area contributed by atoms with Crippen LogP contribution in [-0.2, 0) is 12.6 Å². The lowest BCUT2D eigenvalue weighted by atomic mass is 9.95. The summed E-state index contributed by atoms with van der Waals surface area (Å²) in [5.41, 5.74) is 6.03. The van der Waals surface area contributed by atoms with E-state index in [4.69, 9.17) is 5.73 Å². The Balaban J connectivity index is 2.12. The first-order valence-corrected chi connectivity index (χ1v) is 6.50. The summed E-state index contributed by atoms with van der Waals surface area (Å²) in [6.45, 7) is 0.